The first kappa shape index (κ1) is 23.6. The number of rotatable bonds is 7. The van der Waals surface area contributed by atoms with Crippen LogP contribution in [0.2, 0.25) is 5.02 Å². The van der Waals surface area contributed by atoms with Gasteiger partial charge in [-0.25, -0.2) is 4.98 Å². The van der Waals surface area contributed by atoms with Crippen LogP contribution in [0.25, 0.3) is 33.5 Å². The van der Waals surface area contributed by atoms with Gasteiger partial charge in [-0.2, -0.15) is 9.78 Å². The predicted octanol–water partition coefficient (Wildman–Crippen LogP) is 6.53. The van der Waals surface area contributed by atoms with Crippen LogP contribution in [-0.4, -0.2) is 29.1 Å². The fourth-order valence-corrected chi connectivity index (χ4v) is 4.07. The number of halogens is 1. The van der Waals surface area contributed by atoms with Crippen LogP contribution in [0.15, 0.2) is 81.0 Å². The van der Waals surface area contributed by atoms with E-state index in [-0.39, 0.29) is 17.5 Å². The van der Waals surface area contributed by atoms with E-state index in [1.54, 1.807) is 37.4 Å². The molecule has 0 saturated heterocycles. The maximum absolute atomic E-state index is 13.5. The molecule has 2 aromatic heterocycles. The Morgan fingerprint density at radius 3 is 2.69 bits per heavy atom. The number of methoxy groups -OCH3 is 1. The van der Waals surface area contributed by atoms with Crippen molar-refractivity contribution in [1.82, 2.24) is 9.66 Å². The zero-order valence-corrected chi connectivity index (χ0v) is 20.8. The summed E-state index contributed by atoms with van der Waals surface area (Å²) < 4.78 is 18.9. The van der Waals surface area contributed by atoms with Crippen LogP contribution < -0.4 is 15.0 Å². The molecule has 0 saturated carbocycles. The molecule has 36 heavy (non-hydrogen) atoms. The second kappa shape index (κ2) is 9.87. The molecule has 0 unspecified atom stereocenters. The summed E-state index contributed by atoms with van der Waals surface area (Å²) in [6, 6.07) is 20.0. The SMILES string of the molecule is CC[C@@H](C)Oc1c(C=Nn2c(-c3cc4ccccc4o3)nc3ccccc3c2=O)cc(Cl)cc1OC. The Bertz CT molecular complexity index is 1620. The molecule has 8 heteroatoms. The van der Waals surface area contributed by atoms with Gasteiger partial charge in [-0.3, -0.25) is 4.79 Å². The summed E-state index contributed by atoms with van der Waals surface area (Å²) in [6.07, 6.45) is 2.26. The first-order valence-corrected chi connectivity index (χ1v) is 12.0. The van der Waals surface area contributed by atoms with Crippen LogP contribution in [0.3, 0.4) is 0 Å². The van der Waals surface area contributed by atoms with Crippen LogP contribution in [-0.2, 0) is 0 Å². The third-order valence-electron chi connectivity index (χ3n) is 5.87. The van der Waals surface area contributed by atoms with Crippen LogP contribution in [0.1, 0.15) is 25.8 Å². The lowest BCUT2D eigenvalue weighted by Crippen LogP contribution is -2.20. The number of hydrogen-bond donors (Lipinski definition) is 0. The molecule has 0 aliphatic rings. The average Bonchev–Trinajstić information content (AvgIpc) is 3.33. The summed E-state index contributed by atoms with van der Waals surface area (Å²) >= 11 is 6.34. The van der Waals surface area contributed by atoms with Crippen LogP contribution >= 0.6 is 11.6 Å². The highest BCUT2D eigenvalue weighted by molar-refractivity contribution is 6.31. The summed E-state index contributed by atoms with van der Waals surface area (Å²) in [5.41, 5.74) is 1.48. The molecule has 0 fully saturated rings. The summed E-state index contributed by atoms with van der Waals surface area (Å²) in [7, 11) is 1.55. The van der Waals surface area contributed by atoms with E-state index in [0.29, 0.717) is 44.3 Å². The fraction of sp³-hybridized carbons (Fsp3) is 0.179. The minimum atomic E-state index is -0.328. The van der Waals surface area contributed by atoms with Crippen molar-refractivity contribution in [3.05, 3.63) is 87.7 Å². The Kier molecular flexibility index (Phi) is 6.48. The molecule has 3 aromatic carbocycles. The topological polar surface area (TPSA) is 78.9 Å². The average molecular weight is 502 g/mol. The first-order valence-electron chi connectivity index (χ1n) is 11.6. The molecule has 182 valence electrons. The van der Waals surface area contributed by atoms with E-state index in [1.165, 1.54) is 10.9 Å². The molecule has 0 amide bonds. The molecule has 0 bridgehead atoms. The van der Waals surface area contributed by atoms with Crippen molar-refractivity contribution in [2.45, 2.75) is 26.4 Å². The molecule has 0 aliphatic heterocycles. The minimum Gasteiger partial charge on any atom is -0.493 e. The molecular formula is C28H24ClN3O4. The maximum Gasteiger partial charge on any atom is 0.282 e. The highest BCUT2D eigenvalue weighted by Crippen LogP contribution is 2.35. The number of fused-ring (bicyclic) bond motifs is 2. The second-order valence-electron chi connectivity index (χ2n) is 8.33. The second-order valence-corrected chi connectivity index (χ2v) is 8.76. The number of hydrogen-bond acceptors (Lipinski definition) is 6. The van der Waals surface area contributed by atoms with Gasteiger partial charge in [0.1, 0.15) is 5.58 Å². The Hall–Kier alpha value is -4.10. The third kappa shape index (κ3) is 4.45. The van der Waals surface area contributed by atoms with Gasteiger partial charge in [0, 0.05) is 22.0 Å². The van der Waals surface area contributed by atoms with Crippen molar-refractivity contribution in [3.8, 4) is 23.1 Å². The van der Waals surface area contributed by atoms with Gasteiger partial charge in [-0.05, 0) is 43.7 Å². The number of para-hydroxylation sites is 2. The molecular weight excluding hydrogens is 478 g/mol. The van der Waals surface area contributed by atoms with Gasteiger partial charge in [0.05, 0.1) is 30.3 Å². The molecule has 1 atom stereocenters. The molecule has 5 aromatic rings. The van der Waals surface area contributed by atoms with E-state index in [4.69, 9.17) is 30.5 Å². The highest BCUT2D eigenvalue weighted by Gasteiger charge is 2.18. The van der Waals surface area contributed by atoms with Crippen molar-refractivity contribution in [2.24, 2.45) is 5.10 Å². The van der Waals surface area contributed by atoms with Gasteiger partial charge >= 0.3 is 0 Å². The summed E-state index contributed by atoms with van der Waals surface area (Å²) in [6.45, 7) is 3.99. The Morgan fingerprint density at radius 1 is 1.14 bits per heavy atom. The van der Waals surface area contributed by atoms with E-state index in [1.807, 2.05) is 50.2 Å². The van der Waals surface area contributed by atoms with Gasteiger partial charge in [-0.15, -0.1) is 0 Å². The van der Waals surface area contributed by atoms with E-state index in [2.05, 4.69) is 5.10 Å². The van der Waals surface area contributed by atoms with Crippen LogP contribution in [0.4, 0.5) is 0 Å². The standard InChI is InChI=1S/C28H24ClN3O4/c1-4-17(2)35-26-19(13-20(29)15-24(26)34-3)16-30-32-27(25-14-18-9-5-8-12-23(18)36-25)31-22-11-7-6-10-21(22)28(32)33/h5-17H,4H2,1-3H3/t17-/m1/s1. The van der Waals surface area contributed by atoms with Crippen molar-refractivity contribution < 1.29 is 13.9 Å². The van der Waals surface area contributed by atoms with Gasteiger partial charge in [0.2, 0.25) is 5.82 Å². The fourth-order valence-electron chi connectivity index (χ4n) is 3.85. The quantitative estimate of drug-likeness (QED) is 0.237. The molecule has 0 aliphatic carbocycles. The van der Waals surface area contributed by atoms with Crippen LogP contribution in [0.5, 0.6) is 11.5 Å². The van der Waals surface area contributed by atoms with Crippen molar-refractivity contribution in [2.75, 3.05) is 7.11 Å². The molecule has 0 spiro atoms. The molecule has 0 N–H and O–H groups in total. The predicted molar refractivity (Wildman–Crippen MR) is 143 cm³/mol. The van der Waals surface area contributed by atoms with Crippen molar-refractivity contribution in [3.63, 3.8) is 0 Å². The zero-order chi connectivity index (χ0) is 25.2. The van der Waals surface area contributed by atoms with Gasteiger partial charge in [0.15, 0.2) is 17.3 Å². The highest BCUT2D eigenvalue weighted by atomic mass is 35.5. The molecule has 7 nitrogen and oxygen atoms in total. The summed E-state index contributed by atoms with van der Waals surface area (Å²) in [4.78, 5) is 18.3. The first-order chi connectivity index (χ1) is 17.5. The number of ether oxygens (including phenoxy) is 2. The van der Waals surface area contributed by atoms with E-state index < -0.39 is 0 Å². The number of furan rings is 1. The monoisotopic (exact) mass is 501 g/mol. The Balaban J connectivity index is 1.71. The molecule has 2 heterocycles. The minimum absolute atomic E-state index is 0.0663. The van der Waals surface area contributed by atoms with E-state index in [0.717, 1.165) is 11.8 Å². The molecule has 5 rings (SSSR count). The van der Waals surface area contributed by atoms with Gasteiger partial charge in [0.25, 0.3) is 5.56 Å². The Morgan fingerprint density at radius 2 is 1.92 bits per heavy atom. The number of nitrogens with zero attached hydrogens (tertiary/aromatic N) is 3. The van der Waals surface area contributed by atoms with Crippen molar-refractivity contribution in [1.29, 1.82) is 0 Å². The zero-order valence-electron chi connectivity index (χ0n) is 20.1. The van der Waals surface area contributed by atoms with Gasteiger partial charge in [-0.1, -0.05) is 48.9 Å². The van der Waals surface area contributed by atoms with Crippen LogP contribution in [0, 0.1) is 0 Å². The lowest BCUT2D eigenvalue weighted by Gasteiger charge is -2.18. The van der Waals surface area contributed by atoms with Crippen molar-refractivity contribution >= 4 is 39.7 Å². The van der Waals surface area contributed by atoms with Gasteiger partial charge < -0.3 is 13.9 Å². The number of aromatic nitrogens is 2. The normalized spacial score (nSPS) is 12.4. The maximum atomic E-state index is 13.5. The smallest absolute Gasteiger partial charge is 0.282 e. The van der Waals surface area contributed by atoms with E-state index in [9.17, 15) is 4.79 Å². The lowest BCUT2D eigenvalue weighted by molar-refractivity contribution is 0.207. The number of benzene rings is 3. The van der Waals surface area contributed by atoms with E-state index >= 15 is 0 Å². The third-order valence-corrected chi connectivity index (χ3v) is 6.09. The largest absolute Gasteiger partial charge is 0.493 e. The summed E-state index contributed by atoms with van der Waals surface area (Å²) in [5.74, 6) is 1.68. The lowest BCUT2D eigenvalue weighted by atomic mass is 10.2. The Labute approximate surface area is 212 Å². The molecule has 0 radical (unpaired) electrons. The summed E-state index contributed by atoms with van der Waals surface area (Å²) in [5, 5.41) is 6.33.